The molecule has 29 heavy (non-hydrogen) atoms. The molecule has 2 amide bonds. The Kier molecular flexibility index (Phi) is 5.20. The number of para-hydroxylation sites is 1. The highest BCUT2D eigenvalue weighted by atomic mass is 16.6. The number of nitrogens with one attached hydrogen (secondary N) is 1. The summed E-state index contributed by atoms with van der Waals surface area (Å²) in [5.41, 5.74) is 0.569. The van der Waals surface area contributed by atoms with E-state index in [4.69, 9.17) is 9.15 Å². The van der Waals surface area contributed by atoms with Crippen molar-refractivity contribution in [1.82, 2.24) is 20.0 Å². The van der Waals surface area contributed by atoms with E-state index in [9.17, 15) is 14.4 Å². The van der Waals surface area contributed by atoms with Gasteiger partial charge in [0.05, 0.1) is 18.3 Å². The van der Waals surface area contributed by atoms with Gasteiger partial charge in [-0.2, -0.15) is 5.10 Å². The summed E-state index contributed by atoms with van der Waals surface area (Å²) in [5.74, 6) is -0.193. The van der Waals surface area contributed by atoms with Crippen molar-refractivity contribution in [3.8, 4) is 0 Å². The molecule has 1 saturated heterocycles. The van der Waals surface area contributed by atoms with Gasteiger partial charge in [0, 0.05) is 24.5 Å². The highest BCUT2D eigenvalue weighted by molar-refractivity contribution is 6.02. The average Bonchev–Trinajstić information content (AvgIpc) is 3.13. The number of nitrogens with zero attached hydrogens (tertiary/aromatic N) is 3. The van der Waals surface area contributed by atoms with Crippen LogP contribution in [0.25, 0.3) is 21.9 Å². The maximum atomic E-state index is 12.6. The molecule has 0 atom stereocenters. The predicted molar refractivity (Wildman–Crippen MR) is 106 cm³/mol. The Morgan fingerprint density at radius 3 is 2.76 bits per heavy atom. The molecule has 0 unspecified atom stereocenters. The van der Waals surface area contributed by atoms with Crippen LogP contribution in [-0.2, 0) is 16.1 Å². The number of benzene rings is 1. The van der Waals surface area contributed by atoms with Gasteiger partial charge in [-0.1, -0.05) is 12.1 Å². The van der Waals surface area contributed by atoms with Crippen molar-refractivity contribution < 1.29 is 18.7 Å². The number of fused-ring (bicyclic) bond motifs is 3. The lowest BCUT2D eigenvalue weighted by Crippen LogP contribution is -2.47. The molecule has 1 aliphatic heterocycles. The first-order chi connectivity index (χ1) is 14.1. The molecule has 0 spiro atoms. The first kappa shape index (κ1) is 19.0. The normalized spacial score (nSPS) is 15.0. The lowest BCUT2D eigenvalue weighted by atomic mass is 10.1. The number of carbonyl (C=O) groups is 2. The van der Waals surface area contributed by atoms with Crippen molar-refractivity contribution in [3.63, 3.8) is 0 Å². The lowest BCUT2D eigenvalue weighted by molar-refractivity contribution is -0.122. The highest BCUT2D eigenvalue weighted by Crippen LogP contribution is 2.22. The molecule has 2 aromatic heterocycles. The van der Waals surface area contributed by atoms with Gasteiger partial charge in [0.15, 0.2) is 0 Å². The molecule has 4 rings (SSSR count). The molecule has 1 N–H and O–H groups in total. The van der Waals surface area contributed by atoms with Crippen LogP contribution >= 0.6 is 0 Å². The molecule has 152 valence electrons. The predicted octanol–water partition coefficient (Wildman–Crippen LogP) is 1.88. The van der Waals surface area contributed by atoms with E-state index in [-0.39, 0.29) is 24.6 Å². The van der Waals surface area contributed by atoms with E-state index in [1.807, 2.05) is 12.1 Å². The molecule has 9 nitrogen and oxygen atoms in total. The standard InChI is InChI=1S/C20H22N4O5/c1-2-28-20(27)23-9-7-13(8-10-23)22-17(25)12-24-18-14-5-3-4-6-16(14)29-19(26)15(18)11-21-24/h3-6,11,13H,2,7-10,12H2,1H3,(H,22,25). The van der Waals surface area contributed by atoms with Gasteiger partial charge < -0.3 is 19.4 Å². The summed E-state index contributed by atoms with van der Waals surface area (Å²) in [4.78, 5) is 38.2. The van der Waals surface area contributed by atoms with Gasteiger partial charge in [-0.15, -0.1) is 0 Å². The molecule has 0 radical (unpaired) electrons. The van der Waals surface area contributed by atoms with Crippen molar-refractivity contribution in [3.05, 3.63) is 40.9 Å². The van der Waals surface area contributed by atoms with Gasteiger partial charge >= 0.3 is 11.7 Å². The number of ether oxygens (including phenoxy) is 1. The Morgan fingerprint density at radius 1 is 1.24 bits per heavy atom. The van der Waals surface area contributed by atoms with Gasteiger partial charge in [-0.25, -0.2) is 9.59 Å². The largest absolute Gasteiger partial charge is 0.450 e. The Hall–Kier alpha value is -3.36. The number of rotatable bonds is 4. The molecule has 0 saturated carbocycles. The quantitative estimate of drug-likeness (QED) is 0.673. The van der Waals surface area contributed by atoms with Crippen LogP contribution in [0.1, 0.15) is 19.8 Å². The zero-order valence-electron chi connectivity index (χ0n) is 16.1. The van der Waals surface area contributed by atoms with Gasteiger partial charge in [0.25, 0.3) is 0 Å². The van der Waals surface area contributed by atoms with E-state index >= 15 is 0 Å². The van der Waals surface area contributed by atoms with Crippen molar-refractivity contribution in [2.45, 2.75) is 32.4 Å². The van der Waals surface area contributed by atoms with Crippen molar-refractivity contribution in [2.24, 2.45) is 0 Å². The van der Waals surface area contributed by atoms with Crippen LogP contribution in [0.15, 0.2) is 39.7 Å². The zero-order chi connectivity index (χ0) is 20.4. The number of piperidine rings is 1. The van der Waals surface area contributed by atoms with Crippen molar-refractivity contribution in [1.29, 1.82) is 0 Å². The number of hydrogen-bond donors (Lipinski definition) is 1. The second-order valence-corrected chi connectivity index (χ2v) is 6.98. The van der Waals surface area contributed by atoms with E-state index in [1.165, 1.54) is 10.9 Å². The summed E-state index contributed by atoms with van der Waals surface area (Å²) in [6.07, 6.45) is 2.44. The maximum absolute atomic E-state index is 12.6. The fourth-order valence-electron chi connectivity index (χ4n) is 3.68. The summed E-state index contributed by atoms with van der Waals surface area (Å²) in [5, 5.41) is 8.30. The maximum Gasteiger partial charge on any atom is 0.409 e. The van der Waals surface area contributed by atoms with Crippen LogP contribution in [0, 0.1) is 0 Å². The minimum Gasteiger partial charge on any atom is -0.450 e. The molecule has 1 aromatic carbocycles. The van der Waals surface area contributed by atoms with Crippen LogP contribution < -0.4 is 10.9 Å². The Balaban J connectivity index is 1.45. The third kappa shape index (κ3) is 3.80. The van der Waals surface area contributed by atoms with E-state index in [0.29, 0.717) is 49.0 Å². The van der Waals surface area contributed by atoms with E-state index < -0.39 is 5.63 Å². The summed E-state index contributed by atoms with van der Waals surface area (Å²) in [7, 11) is 0. The van der Waals surface area contributed by atoms with Crippen LogP contribution in [0.2, 0.25) is 0 Å². The third-order valence-electron chi connectivity index (χ3n) is 5.08. The SMILES string of the molecule is CCOC(=O)N1CCC(NC(=O)Cn2ncc3c(=O)oc4ccccc4c32)CC1. The molecular weight excluding hydrogens is 376 g/mol. The molecule has 3 aromatic rings. The Labute approximate surface area is 166 Å². The highest BCUT2D eigenvalue weighted by Gasteiger charge is 2.25. The summed E-state index contributed by atoms with van der Waals surface area (Å²) in [6.45, 7) is 3.20. The molecular formula is C20H22N4O5. The van der Waals surface area contributed by atoms with Crippen LogP contribution in [0.4, 0.5) is 4.79 Å². The van der Waals surface area contributed by atoms with Gasteiger partial charge in [-0.05, 0) is 31.9 Å². The second kappa shape index (κ2) is 7.94. The second-order valence-electron chi connectivity index (χ2n) is 6.98. The molecule has 9 heteroatoms. The first-order valence-corrected chi connectivity index (χ1v) is 9.65. The smallest absolute Gasteiger partial charge is 0.409 e. The lowest BCUT2D eigenvalue weighted by Gasteiger charge is -2.31. The molecule has 1 aliphatic rings. The molecule has 0 aliphatic carbocycles. The summed E-state index contributed by atoms with van der Waals surface area (Å²) >= 11 is 0. The fraction of sp³-hybridized carbons (Fsp3) is 0.400. The summed E-state index contributed by atoms with van der Waals surface area (Å²) in [6, 6.07) is 7.16. The van der Waals surface area contributed by atoms with Crippen LogP contribution in [0.5, 0.6) is 0 Å². The Bertz CT molecular complexity index is 1110. The number of likely N-dealkylation sites (tertiary alicyclic amines) is 1. The van der Waals surface area contributed by atoms with Gasteiger partial charge in [0.1, 0.15) is 17.5 Å². The first-order valence-electron chi connectivity index (χ1n) is 9.65. The number of hydrogen-bond acceptors (Lipinski definition) is 6. The van der Waals surface area contributed by atoms with E-state index in [1.54, 1.807) is 24.0 Å². The minimum absolute atomic E-state index is 0.00492. The van der Waals surface area contributed by atoms with Crippen LogP contribution in [0.3, 0.4) is 0 Å². The molecule has 1 fully saturated rings. The number of carbonyl (C=O) groups excluding carboxylic acids is 2. The molecule has 3 heterocycles. The van der Waals surface area contributed by atoms with Crippen molar-refractivity contribution in [2.75, 3.05) is 19.7 Å². The minimum atomic E-state index is -0.475. The van der Waals surface area contributed by atoms with Gasteiger partial charge in [0.2, 0.25) is 5.91 Å². The summed E-state index contributed by atoms with van der Waals surface area (Å²) < 4.78 is 11.8. The molecule has 0 bridgehead atoms. The zero-order valence-corrected chi connectivity index (χ0v) is 16.1. The monoisotopic (exact) mass is 398 g/mol. The third-order valence-corrected chi connectivity index (χ3v) is 5.08. The fourth-order valence-corrected chi connectivity index (χ4v) is 3.68. The Morgan fingerprint density at radius 2 is 2.00 bits per heavy atom. The van der Waals surface area contributed by atoms with Gasteiger partial charge in [-0.3, -0.25) is 9.48 Å². The number of amides is 2. The van der Waals surface area contributed by atoms with Crippen LogP contribution in [-0.4, -0.2) is 52.4 Å². The average molecular weight is 398 g/mol. The topological polar surface area (TPSA) is 107 Å². The number of aromatic nitrogens is 2. The van der Waals surface area contributed by atoms with Crippen molar-refractivity contribution >= 4 is 33.9 Å². The van der Waals surface area contributed by atoms with E-state index in [0.717, 1.165) is 5.39 Å². The van der Waals surface area contributed by atoms with E-state index in [2.05, 4.69) is 10.4 Å².